The first-order chi connectivity index (χ1) is 15.7. The number of fused-ring (bicyclic) bond motifs is 1. The fourth-order valence-electron chi connectivity index (χ4n) is 3.82. The molecule has 2 aromatic rings. The number of pyridine rings is 1. The summed E-state index contributed by atoms with van der Waals surface area (Å²) in [6.45, 7) is 3.15. The molecule has 4 rings (SSSR count). The van der Waals surface area contributed by atoms with Gasteiger partial charge in [0.15, 0.2) is 12.4 Å². The van der Waals surface area contributed by atoms with Crippen molar-refractivity contribution in [2.45, 2.75) is 32.5 Å². The molecule has 3 N–H and O–H groups in total. The Morgan fingerprint density at radius 1 is 1.24 bits per heavy atom. The lowest BCUT2D eigenvalue weighted by Crippen LogP contribution is -2.36. The number of alkyl halides is 3. The average molecular weight is 463 g/mol. The first-order valence-corrected chi connectivity index (χ1v) is 10.6. The van der Waals surface area contributed by atoms with Gasteiger partial charge < -0.3 is 25.6 Å². The van der Waals surface area contributed by atoms with Crippen LogP contribution in [-0.4, -0.2) is 36.6 Å². The zero-order valence-electron chi connectivity index (χ0n) is 18.0. The van der Waals surface area contributed by atoms with Crippen LogP contribution in [0.25, 0.3) is 0 Å². The minimum absolute atomic E-state index is 0.00895. The van der Waals surface area contributed by atoms with Gasteiger partial charge in [-0.15, -0.1) is 0 Å². The van der Waals surface area contributed by atoms with Crippen molar-refractivity contribution in [1.29, 1.82) is 0 Å². The normalized spacial score (nSPS) is 16.5. The number of rotatable bonds is 4. The number of hydrogen-bond acceptors (Lipinski definition) is 5. The highest BCUT2D eigenvalue weighted by Gasteiger charge is 2.34. The molecule has 0 radical (unpaired) electrons. The third kappa shape index (κ3) is 5.29. The summed E-state index contributed by atoms with van der Waals surface area (Å²) in [6, 6.07) is 6.63. The number of para-hydroxylation sites is 1. The number of benzene rings is 1. The molecule has 0 aliphatic carbocycles. The Morgan fingerprint density at radius 2 is 2.00 bits per heavy atom. The minimum atomic E-state index is -4.55. The van der Waals surface area contributed by atoms with E-state index in [0.717, 1.165) is 18.9 Å². The standard InChI is InChI=1S/C22H24F3N5O3/c1-13-7-9-30(10-8-13)20-14(5-6-17(29-20)22(23,24)25)11-26-21(32)28-16-4-2-3-15-19(16)33-12-18(31)27-15/h2-6,13H,7-12H2,1H3,(H,27,31)(H2,26,28,32). The van der Waals surface area contributed by atoms with Crippen molar-refractivity contribution in [2.75, 3.05) is 35.2 Å². The predicted molar refractivity (Wildman–Crippen MR) is 116 cm³/mol. The maximum atomic E-state index is 13.2. The second-order valence-electron chi connectivity index (χ2n) is 8.17. The average Bonchev–Trinajstić information content (AvgIpc) is 2.77. The van der Waals surface area contributed by atoms with Crippen LogP contribution in [0.15, 0.2) is 30.3 Å². The highest BCUT2D eigenvalue weighted by molar-refractivity contribution is 5.99. The molecule has 0 bridgehead atoms. The Hall–Kier alpha value is -3.50. The van der Waals surface area contributed by atoms with Crippen molar-refractivity contribution < 1.29 is 27.5 Å². The summed E-state index contributed by atoms with van der Waals surface area (Å²) in [6.07, 6.45) is -2.83. The fourth-order valence-corrected chi connectivity index (χ4v) is 3.82. The van der Waals surface area contributed by atoms with Crippen LogP contribution in [0, 0.1) is 5.92 Å². The summed E-state index contributed by atoms with van der Waals surface area (Å²) >= 11 is 0. The van der Waals surface area contributed by atoms with Crippen LogP contribution in [-0.2, 0) is 17.5 Å². The summed E-state index contributed by atoms with van der Waals surface area (Å²) in [7, 11) is 0. The number of halogens is 3. The van der Waals surface area contributed by atoms with Gasteiger partial charge in [0.25, 0.3) is 5.91 Å². The molecule has 1 aromatic carbocycles. The lowest BCUT2D eigenvalue weighted by atomic mass is 9.99. The van der Waals surface area contributed by atoms with Gasteiger partial charge >= 0.3 is 12.2 Å². The third-order valence-corrected chi connectivity index (χ3v) is 5.65. The van der Waals surface area contributed by atoms with Crippen LogP contribution in [0.2, 0.25) is 0 Å². The maximum absolute atomic E-state index is 13.2. The number of aromatic nitrogens is 1. The molecule has 1 aromatic heterocycles. The van der Waals surface area contributed by atoms with Crippen LogP contribution < -0.4 is 25.6 Å². The van der Waals surface area contributed by atoms with E-state index in [1.807, 2.05) is 4.90 Å². The number of amides is 3. The Balaban J connectivity index is 1.48. The number of carbonyl (C=O) groups excluding carboxylic acids is 2. The minimum Gasteiger partial charge on any atom is -0.479 e. The molecule has 0 unspecified atom stereocenters. The number of carbonyl (C=O) groups is 2. The van der Waals surface area contributed by atoms with Gasteiger partial charge in [-0.2, -0.15) is 13.2 Å². The first kappa shape index (κ1) is 22.7. The Morgan fingerprint density at radius 3 is 2.73 bits per heavy atom. The number of anilines is 3. The summed E-state index contributed by atoms with van der Waals surface area (Å²) < 4.78 is 45.2. The van der Waals surface area contributed by atoms with Crippen LogP contribution in [0.5, 0.6) is 5.75 Å². The second kappa shape index (κ2) is 9.16. The highest BCUT2D eigenvalue weighted by atomic mass is 19.4. The quantitative estimate of drug-likeness (QED) is 0.637. The lowest BCUT2D eigenvalue weighted by molar-refractivity contribution is -0.141. The second-order valence-corrected chi connectivity index (χ2v) is 8.17. The molecular weight excluding hydrogens is 439 g/mol. The first-order valence-electron chi connectivity index (χ1n) is 10.6. The van der Waals surface area contributed by atoms with Gasteiger partial charge in [-0.3, -0.25) is 4.79 Å². The molecule has 176 valence electrons. The SMILES string of the molecule is CC1CCN(c2nc(C(F)(F)F)ccc2CNC(=O)Nc2cccc3c2OCC(=O)N3)CC1. The van der Waals surface area contributed by atoms with Crippen molar-refractivity contribution in [3.05, 3.63) is 41.6 Å². The van der Waals surface area contributed by atoms with E-state index in [-0.39, 0.29) is 24.9 Å². The molecule has 2 aliphatic rings. The number of nitrogens with zero attached hydrogens (tertiary/aromatic N) is 2. The molecule has 0 spiro atoms. The number of urea groups is 1. The zero-order chi connectivity index (χ0) is 23.6. The van der Waals surface area contributed by atoms with Crippen molar-refractivity contribution in [3.8, 4) is 5.75 Å². The van der Waals surface area contributed by atoms with E-state index >= 15 is 0 Å². The molecule has 8 nitrogen and oxygen atoms in total. The van der Waals surface area contributed by atoms with Crippen molar-refractivity contribution >= 4 is 29.1 Å². The smallest absolute Gasteiger partial charge is 0.433 e. The molecule has 33 heavy (non-hydrogen) atoms. The summed E-state index contributed by atoms with van der Waals surface area (Å²) in [5, 5.41) is 7.98. The van der Waals surface area contributed by atoms with Gasteiger partial charge in [0, 0.05) is 25.2 Å². The lowest BCUT2D eigenvalue weighted by Gasteiger charge is -2.33. The van der Waals surface area contributed by atoms with Gasteiger partial charge in [-0.25, -0.2) is 9.78 Å². The van der Waals surface area contributed by atoms with Crippen LogP contribution >= 0.6 is 0 Å². The summed E-state index contributed by atoms with van der Waals surface area (Å²) in [4.78, 5) is 29.7. The van der Waals surface area contributed by atoms with E-state index in [4.69, 9.17) is 4.74 Å². The maximum Gasteiger partial charge on any atom is 0.433 e. The Bertz CT molecular complexity index is 1050. The van der Waals surface area contributed by atoms with Gasteiger partial charge in [-0.1, -0.05) is 19.1 Å². The summed E-state index contributed by atoms with van der Waals surface area (Å²) in [5.41, 5.74) is 0.337. The molecule has 0 atom stereocenters. The number of hydrogen-bond donors (Lipinski definition) is 3. The van der Waals surface area contributed by atoms with Crippen LogP contribution in [0.3, 0.4) is 0 Å². The monoisotopic (exact) mass is 463 g/mol. The Kier molecular flexibility index (Phi) is 6.30. The van der Waals surface area contributed by atoms with E-state index in [9.17, 15) is 22.8 Å². The fraction of sp³-hybridized carbons (Fsp3) is 0.409. The van der Waals surface area contributed by atoms with Crippen LogP contribution in [0.1, 0.15) is 31.0 Å². The van der Waals surface area contributed by atoms with Crippen molar-refractivity contribution in [1.82, 2.24) is 10.3 Å². The van der Waals surface area contributed by atoms with E-state index in [1.165, 1.54) is 6.07 Å². The zero-order valence-corrected chi connectivity index (χ0v) is 18.0. The molecule has 3 amide bonds. The van der Waals surface area contributed by atoms with Gasteiger partial charge in [0.2, 0.25) is 0 Å². The third-order valence-electron chi connectivity index (χ3n) is 5.65. The molecule has 1 saturated heterocycles. The van der Waals surface area contributed by atoms with Gasteiger partial charge in [0.05, 0.1) is 11.4 Å². The largest absolute Gasteiger partial charge is 0.479 e. The molecule has 3 heterocycles. The molecule has 2 aliphatic heterocycles. The van der Waals surface area contributed by atoms with E-state index in [1.54, 1.807) is 18.2 Å². The van der Waals surface area contributed by atoms with E-state index in [2.05, 4.69) is 27.9 Å². The molecular formula is C22H24F3N5O3. The highest BCUT2D eigenvalue weighted by Crippen LogP contribution is 2.35. The van der Waals surface area contributed by atoms with Crippen LogP contribution in [0.4, 0.5) is 35.2 Å². The van der Waals surface area contributed by atoms with Crippen molar-refractivity contribution in [3.63, 3.8) is 0 Å². The Labute approximate surface area is 188 Å². The molecule has 0 saturated carbocycles. The molecule has 1 fully saturated rings. The number of ether oxygens (including phenoxy) is 1. The number of piperidine rings is 1. The van der Waals surface area contributed by atoms with Gasteiger partial charge in [0.1, 0.15) is 11.5 Å². The molecule has 11 heteroatoms. The predicted octanol–water partition coefficient (Wildman–Crippen LogP) is 3.99. The number of nitrogens with one attached hydrogen (secondary N) is 3. The van der Waals surface area contributed by atoms with E-state index in [0.29, 0.717) is 41.7 Å². The van der Waals surface area contributed by atoms with Crippen molar-refractivity contribution in [2.24, 2.45) is 5.92 Å². The topological polar surface area (TPSA) is 95.6 Å². The summed E-state index contributed by atoms with van der Waals surface area (Å²) in [5.74, 6) is 0.786. The van der Waals surface area contributed by atoms with Gasteiger partial charge in [-0.05, 0) is 37.0 Å². The van der Waals surface area contributed by atoms with E-state index < -0.39 is 17.9 Å².